The van der Waals surface area contributed by atoms with Crippen LogP contribution in [-0.2, 0) is 0 Å². The van der Waals surface area contributed by atoms with Crippen LogP contribution in [0.4, 0.5) is 17.5 Å². The van der Waals surface area contributed by atoms with Crippen LogP contribution in [0.3, 0.4) is 0 Å². The first-order valence-corrected chi connectivity index (χ1v) is 8.74. The Kier molecular flexibility index (Phi) is 6.81. The third-order valence-electron chi connectivity index (χ3n) is 3.19. The minimum absolute atomic E-state index is 0.0303. The molecule has 0 radical (unpaired) electrons. The van der Waals surface area contributed by atoms with E-state index in [0.29, 0.717) is 11.0 Å². The second kappa shape index (κ2) is 8.84. The Labute approximate surface area is 155 Å². The van der Waals surface area contributed by atoms with Gasteiger partial charge in [-0.25, -0.2) is 4.98 Å². The van der Waals surface area contributed by atoms with Crippen LogP contribution in [0.1, 0.15) is 13.8 Å². The minimum Gasteiger partial charge on any atom is -0.372 e. The van der Waals surface area contributed by atoms with E-state index in [9.17, 15) is 0 Å². The molecule has 1 heterocycles. The minimum atomic E-state index is -0.0303. The molecule has 1 unspecified atom stereocenters. The van der Waals surface area contributed by atoms with E-state index in [0.717, 1.165) is 22.5 Å². The zero-order valence-corrected chi connectivity index (χ0v) is 16.1. The number of halogens is 2. The molecule has 2 aromatic rings. The first kappa shape index (κ1) is 18.5. The first-order chi connectivity index (χ1) is 11.5. The van der Waals surface area contributed by atoms with Gasteiger partial charge in [0.25, 0.3) is 0 Å². The smallest absolute Gasteiger partial charge is 0.225 e. The van der Waals surface area contributed by atoms with Gasteiger partial charge < -0.3 is 10.6 Å². The molecular weight excluding hydrogens is 392 g/mol. The predicted molar refractivity (Wildman–Crippen MR) is 105 cm³/mol. The van der Waals surface area contributed by atoms with Gasteiger partial charge in [0, 0.05) is 31.0 Å². The highest BCUT2D eigenvalue weighted by Crippen LogP contribution is 2.20. The molecule has 0 aliphatic carbocycles. The molecule has 8 heteroatoms. The van der Waals surface area contributed by atoms with Gasteiger partial charge in [-0.05, 0) is 54.0 Å². The summed E-state index contributed by atoms with van der Waals surface area (Å²) in [5.74, 6) is 1.27. The molecule has 128 valence electrons. The molecule has 0 amide bonds. The summed E-state index contributed by atoms with van der Waals surface area (Å²) in [4.78, 5) is 8.62. The summed E-state index contributed by atoms with van der Waals surface area (Å²) in [5, 5.41) is 13.3. The van der Waals surface area contributed by atoms with Crippen LogP contribution in [0.2, 0.25) is 5.02 Å². The molecule has 0 spiro atoms. The van der Waals surface area contributed by atoms with Crippen LogP contribution >= 0.6 is 27.5 Å². The van der Waals surface area contributed by atoms with Crippen molar-refractivity contribution in [1.82, 2.24) is 9.97 Å². The molecule has 6 nitrogen and oxygen atoms in total. The Morgan fingerprint density at radius 1 is 1.38 bits per heavy atom. The summed E-state index contributed by atoms with van der Waals surface area (Å²) < 4.78 is 0.816. The lowest BCUT2D eigenvalue weighted by molar-refractivity contribution is 0.884. The van der Waals surface area contributed by atoms with E-state index in [1.54, 1.807) is 6.20 Å². The molecule has 0 saturated heterocycles. The van der Waals surface area contributed by atoms with E-state index in [4.69, 9.17) is 11.6 Å². The summed E-state index contributed by atoms with van der Waals surface area (Å²) >= 11 is 9.31. The summed E-state index contributed by atoms with van der Waals surface area (Å²) in [6, 6.07) is 7.56. The number of hydrogen-bond donors (Lipinski definition) is 2. The number of benzene rings is 1. The Morgan fingerprint density at radius 2 is 2.08 bits per heavy atom. The van der Waals surface area contributed by atoms with Gasteiger partial charge in [0.15, 0.2) is 0 Å². The molecular formula is C16H20BrClN6. The van der Waals surface area contributed by atoms with Crippen LogP contribution in [0, 0.1) is 0 Å². The molecule has 0 aliphatic rings. The molecule has 2 N–H and O–H groups in total. The Hall–Kier alpha value is -1.86. The summed E-state index contributed by atoms with van der Waals surface area (Å²) in [6.07, 6.45) is 3.53. The fraction of sp³-hybridized carbons (Fsp3) is 0.312. The van der Waals surface area contributed by atoms with Gasteiger partial charge in [-0.1, -0.05) is 11.6 Å². The topological polar surface area (TPSA) is 65.4 Å². The molecule has 2 rings (SSSR count). The molecule has 1 atom stereocenters. The molecule has 0 fully saturated rings. The number of nitrogens with zero attached hydrogens (tertiary/aromatic N) is 4. The largest absolute Gasteiger partial charge is 0.372 e. The van der Waals surface area contributed by atoms with E-state index < -0.39 is 0 Å². The van der Waals surface area contributed by atoms with E-state index in [-0.39, 0.29) is 6.04 Å². The third kappa shape index (κ3) is 5.07. The zero-order chi connectivity index (χ0) is 17.5. The fourth-order valence-corrected chi connectivity index (χ4v) is 2.49. The van der Waals surface area contributed by atoms with Gasteiger partial charge in [-0.2, -0.15) is 10.1 Å². The SMILES string of the molecule is CCN(/N=C\C(C)Nc1ncc(Br)c(NC)n1)c1ccc(Cl)cc1. The lowest BCUT2D eigenvalue weighted by atomic mass is 10.3. The van der Waals surface area contributed by atoms with Crippen molar-refractivity contribution in [2.75, 3.05) is 29.2 Å². The number of hydrogen-bond acceptors (Lipinski definition) is 6. The van der Waals surface area contributed by atoms with Gasteiger partial charge in [0.05, 0.1) is 16.2 Å². The average molecular weight is 412 g/mol. The van der Waals surface area contributed by atoms with Gasteiger partial charge in [0.2, 0.25) is 5.95 Å². The first-order valence-electron chi connectivity index (χ1n) is 7.57. The van der Waals surface area contributed by atoms with Gasteiger partial charge in [-0.3, -0.25) is 5.01 Å². The highest BCUT2D eigenvalue weighted by Gasteiger charge is 2.07. The van der Waals surface area contributed by atoms with Crippen LogP contribution in [-0.4, -0.2) is 35.8 Å². The maximum absolute atomic E-state index is 5.92. The maximum Gasteiger partial charge on any atom is 0.225 e. The van der Waals surface area contributed by atoms with Crippen molar-refractivity contribution in [3.63, 3.8) is 0 Å². The van der Waals surface area contributed by atoms with E-state index in [1.807, 2.05) is 56.4 Å². The van der Waals surface area contributed by atoms with Gasteiger partial charge >= 0.3 is 0 Å². The van der Waals surface area contributed by atoms with E-state index in [1.165, 1.54) is 0 Å². The third-order valence-corrected chi connectivity index (χ3v) is 4.02. The Bertz CT molecular complexity index is 691. The lowest BCUT2D eigenvalue weighted by Crippen LogP contribution is -2.22. The van der Waals surface area contributed by atoms with Gasteiger partial charge in [0.1, 0.15) is 5.82 Å². The zero-order valence-electron chi connectivity index (χ0n) is 13.8. The van der Waals surface area contributed by atoms with Crippen molar-refractivity contribution in [2.24, 2.45) is 5.10 Å². The van der Waals surface area contributed by atoms with Crippen molar-refractivity contribution in [3.05, 3.63) is 40.0 Å². The van der Waals surface area contributed by atoms with Crippen LogP contribution < -0.4 is 15.6 Å². The second-order valence-corrected chi connectivity index (χ2v) is 6.32. The average Bonchev–Trinajstić information content (AvgIpc) is 2.58. The van der Waals surface area contributed by atoms with Crippen LogP contribution in [0.25, 0.3) is 0 Å². The van der Waals surface area contributed by atoms with Crippen molar-refractivity contribution in [1.29, 1.82) is 0 Å². The highest BCUT2D eigenvalue weighted by atomic mass is 79.9. The molecule has 0 aliphatic heterocycles. The monoisotopic (exact) mass is 410 g/mol. The van der Waals surface area contributed by atoms with Crippen LogP contribution in [0.5, 0.6) is 0 Å². The standard InChI is InChI=1S/C16H20BrClN6/c1-4-24(13-7-5-12(18)6-8-13)21-9-11(2)22-16-20-10-14(17)15(19-3)23-16/h5-11H,4H2,1-3H3,(H2,19,20,22,23)/b21-9-. The Morgan fingerprint density at radius 3 is 2.71 bits per heavy atom. The number of aromatic nitrogens is 2. The second-order valence-electron chi connectivity index (χ2n) is 5.03. The van der Waals surface area contributed by atoms with Crippen molar-refractivity contribution in [2.45, 2.75) is 19.9 Å². The van der Waals surface area contributed by atoms with Crippen LogP contribution in [0.15, 0.2) is 40.0 Å². The number of rotatable bonds is 7. The number of nitrogens with one attached hydrogen (secondary N) is 2. The van der Waals surface area contributed by atoms with Gasteiger partial charge in [-0.15, -0.1) is 0 Å². The predicted octanol–water partition coefficient (Wildman–Crippen LogP) is 4.25. The summed E-state index contributed by atoms with van der Waals surface area (Å²) in [5.41, 5.74) is 0.989. The number of hydrazone groups is 1. The summed E-state index contributed by atoms with van der Waals surface area (Å²) in [6.45, 7) is 4.79. The molecule has 24 heavy (non-hydrogen) atoms. The molecule has 0 saturated carbocycles. The number of anilines is 3. The quantitative estimate of drug-likeness (QED) is 0.527. The lowest BCUT2D eigenvalue weighted by Gasteiger charge is -2.18. The van der Waals surface area contributed by atoms with E-state index >= 15 is 0 Å². The normalized spacial score (nSPS) is 12.2. The maximum atomic E-state index is 5.92. The highest BCUT2D eigenvalue weighted by molar-refractivity contribution is 9.10. The van der Waals surface area contributed by atoms with Crippen molar-refractivity contribution in [3.8, 4) is 0 Å². The molecule has 1 aromatic carbocycles. The van der Waals surface area contributed by atoms with E-state index in [2.05, 4.69) is 41.6 Å². The van der Waals surface area contributed by atoms with Crippen molar-refractivity contribution < 1.29 is 0 Å². The van der Waals surface area contributed by atoms with Crippen molar-refractivity contribution >= 4 is 51.2 Å². The molecule has 1 aromatic heterocycles. The summed E-state index contributed by atoms with van der Waals surface area (Å²) in [7, 11) is 1.81. The Balaban J connectivity index is 2.03. The fourth-order valence-electron chi connectivity index (χ4n) is 1.98. The molecule has 0 bridgehead atoms.